The second kappa shape index (κ2) is 10.4. The van der Waals surface area contributed by atoms with Crippen LogP contribution in [0.25, 0.3) is 0 Å². The highest BCUT2D eigenvalue weighted by Crippen LogP contribution is 2.28. The Morgan fingerprint density at radius 2 is 1.59 bits per heavy atom. The zero-order valence-electron chi connectivity index (χ0n) is 18.3. The molecule has 172 valence electrons. The van der Waals surface area contributed by atoms with E-state index in [1.807, 2.05) is 72.8 Å². The Labute approximate surface area is 196 Å². The molecule has 1 aliphatic heterocycles. The number of carboxylic acid groups (broad SMARTS) is 1. The number of aliphatic imine (C=N–C) groups is 1. The number of nitrogens with zero attached hydrogens (tertiary/aromatic N) is 2. The number of fused-ring (bicyclic) bond motifs is 1. The quantitative estimate of drug-likeness (QED) is 0.564. The number of rotatable bonds is 7. The van der Waals surface area contributed by atoms with Gasteiger partial charge in [0.15, 0.2) is 0 Å². The largest absolute Gasteiger partial charge is 0.481 e. The van der Waals surface area contributed by atoms with Gasteiger partial charge >= 0.3 is 12.1 Å². The first-order valence-corrected chi connectivity index (χ1v) is 10.8. The van der Waals surface area contributed by atoms with Gasteiger partial charge in [0.1, 0.15) is 6.61 Å². The molecule has 0 aromatic heterocycles. The molecular weight excluding hydrogens is 434 g/mol. The summed E-state index contributed by atoms with van der Waals surface area (Å²) in [5, 5.41) is 11.8. The van der Waals surface area contributed by atoms with Crippen LogP contribution in [-0.2, 0) is 20.9 Å². The van der Waals surface area contributed by atoms with Gasteiger partial charge in [-0.05, 0) is 11.6 Å². The van der Waals surface area contributed by atoms with Crippen LogP contribution in [0.1, 0.15) is 23.1 Å². The molecule has 1 atom stereocenters. The molecule has 0 saturated carbocycles. The normalized spacial score (nSPS) is 15.1. The lowest BCUT2D eigenvalue weighted by Crippen LogP contribution is -2.48. The molecule has 1 unspecified atom stereocenters. The Balaban J connectivity index is 1.67. The van der Waals surface area contributed by atoms with Crippen LogP contribution in [0.3, 0.4) is 0 Å². The maximum Gasteiger partial charge on any atom is 0.409 e. The summed E-state index contributed by atoms with van der Waals surface area (Å²) >= 11 is 0. The van der Waals surface area contributed by atoms with Gasteiger partial charge in [-0.25, -0.2) is 9.79 Å². The molecule has 3 aromatic carbocycles. The topological polar surface area (TPSA) is 108 Å². The van der Waals surface area contributed by atoms with Crippen LogP contribution in [0, 0.1) is 0 Å². The highest BCUT2D eigenvalue weighted by Gasteiger charge is 2.33. The van der Waals surface area contributed by atoms with E-state index in [1.54, 1.807) is 12.1 Å². The smallest absolute Gasteiger partial charge is 0.409 e. The van der Waals surface area contributed by atoms with Gasteiger partial charge in [0.05, 0.1) is 17.8 Å². The third-order valence-electron chi connectivity index (χ3n) is 5.27. The number of benzodiazepines with no additional fused rings is 1. The van der Waals surface area contributed by atoms with Crippen LogP contribution in [-0.4, -0.2) is 41.5 Å². The van der Waals surface area contributed by atoms with E-state index in [1.165, 1.54) is 4.90 Å². The van der Waals surface area contributed by atoms with E-state index in [9.17, 15) is 19.5 Å². The lowest BCUT2D eigenvalue weighted by molar-refractivity contribution is -0.136. The number of hydrogen-bond donors (Lipinski definition) is 2. The van der Waals surface area contributed by atoms with E-state index in [4.69, 9.17) is 4.74 Å². The molecule has 2 amide bonds. The number of carboxylic acids is 1. The van der Waals surface area contributed by atoms with E-state index in [-0.39, 0.29) is 19.6 Å². The van der Waals surface area contributed by atoms with Crippen LogP contribution in [0.5, 0.6) is 0 Å². The molecule has 0 aliphatic carbocycles. The van der Waals surface area contributed by atoms with Gasteiger partial charge in [0, 0.05) is 17.7 Å². The van der Waals surface area contributed by atoms with E-state index in [2.05, 4.69) is 10.3 Å². The van der Waals surface area contributed by atoms with Crippen LogP contribution < -0.4 is 10.2 Å². The Kier molecular flexibility index (Phi) is 6.98. The third kappa shape index (κ3) is 5.29. The zero-order chi connectivity index (χ0) is 23.9. The Hall–Kier alpha value is -4.46. The second-order valence-electron chi connectivity index (χ2n) is 7.60. The fourth-order valence-corrected chi connectivity index (χ4v) is 3.66. The lowest BCUT2D eigenvalue weighted by Gasteiger charge is -2.24. The summed E-state index contributed by atoms with van der Waals surface area (Å²) in [6.45, 7) is -0.0359. The molecule has 3 aromatic rings. The molecule has 4 rings (SSSR count). The summed E-state index contributed by atoms with van der Waals surface area (Å²) in [4.78, 5) is 43.2. The van der Waals surface area contributed by atoms with Gasteiger partial charge in [0.25, 0.3) is 5.91 Å². The Morgan fingerprint density at radius 3 is 2.29 bits per heavy atom. The van der Waals surface area contributed by atoms with Gasteiger partial charge in [-0.15, -0.1) is 0 Å². The number of ether oxygens (including phenoxy) is 1. The van der Waals surface area contributed by atoms with E-state index in [0.717, 1.165) is 11.1 Å². The van der Waals surface area contributed by atoms with Crippen molar-refractivity contribution < 1.29 is 24.2 Å². The number of anilines is 1. The minimum absolute atomic E-state index is 0.0335. The summed E-state index contributed by atoms with van der Waals surface area (Å²) in [5.41, 5.74) is 3.25. The summed E-state index contributed by atoms with van der Waals surface area (Å²) in [6, 6.07) is 25.6. The van der Waals surface area contributed by atoms with Gasteiger partial charge < -0.3 is 14.7 Å². The Morgan fingerprint density at radius 1 is 0.941 bits per heavy atom. The van der Waals surface area contributed by atoms with Crippen molar-refractivity contribution in [3.63, 3.8) is 0 Å². The van der Waals surface area contributed by atoms with Crippen molar-refractivity contribution in [2.75, 3.05) is 11.4 Å². The summed E-state index contributed by atoms with van der Waals surface area (Å²) < 4.78 is 5.29. The predicted molar refractivity (Wildman–Crippen MR) is 127 cm³/mol. The molecular formula is C26H23N3O5. The molecule has 2 N–H and O–H groups in total. The maximum absolute atomic E-state index is 13.5. The Bertz CT molecular complexity index is 1210. The fraction of sp³-hybridized carbons (Fsp3) is 0.154. The van der Waals surface area contributed by atoms with Crippen LogP contribution in [0.4, 0.5) is 10.5 Å². The van der Waals surface area contributed by atoms with Crippen molar-refractivity contribution in [2.45, 2.75) is 19.2 Å². The molecule has 34 heavy (non-hydrogen) atoms. The zero-order valence-corrected chi connectivity index (χ0v) is 18.3. The number of aliphatic carboxylic acids is 1. The number of benzene rings is 3. The summed E-state index contributed by atoms with van der Waals surface area (Å²) in [6.07, 6.45) is -2.35. The van der Waals surface area contributed by atoms with Gasteiger partial charge in [-0.3, -0.25) is 14.9 Å². The van der Waals surface area contributed by atoms with Gasteiger partial charge in [-0.2, -0.15) is 0 Å². The van der Waals surface area contributed by atoms with Crippen molar-refractivity contribution in [3.05, 3.63) is 102 Å². The van der Waals surface area contributed by atoms with Crippen molar-refractivity contribution >= 4 is 29.4 Å². The van der Waals surface area contributed by atoms with Crippen LogP contribution in [0.15, 0.2) is 89.9 Å². The van der Waals surface area contributed by atoms with Crippen molar-refractivity contribution in [1.29, 1.82) is 0 Å². The fourth-order valence-electron chi connectivity index (χ4n) is 3.66. The monoisotopic (exact) mass is 457 g/mol. The first-order chi connectivity index (χ1) is 16.5. The number of amides is 2. The SMILES string of the molecule is O=C(O)CCN1C(=O)C(NC(=O)OCc2ccccc2)N=C(c2ccccc2)c2ccccc21. The van der Waals surface area contributed by atoms with Crippen molar-refractivity contribution in [1.82, 2.24) is 5.32 Å². The molecule has 1 aliphatic rings. The van der Waals surface area contributed by atoms with Gasteiger partial charge in [-0.1, -0.05) is 78.9 Å². The van der Waals surface area contributed by atoms with Crippen molar-refractivity contribution in [3.8, 4) is 0 Å². The second-order valence-corrected chi connectivity index (χ2v) is 7.60. The third-order valence-corrected chi connectivity index (χ3v) is 5.27. The van der Waals surface area contributed by atoms with E-state index in [0.29, 0.717) is 17.0 Å². The number of carbonyl (C=O) groups excluding carboxylic acids is 2. The molecule has 0 fully saturated rings. The average Bonchev–Trinajstić information content (AvgIpc) is 2.97. The number of para-hydroxylation sites is 1. The molecule has 8 nitrogen and oxygen atoms in total. The molecule has 0 saturated heterocycles. The van der Waals surface area contributed by atoms with E-state index >= 15 is 0 Å². The average molecular weight is 457 g/mol. The molecule has 0 bridgehead atoms. The molecule has 8 heteroatoms. The summed E-state index contributed by atoms with van der Waals surface area (Å²) in [5.74, 6) is -1.58. The van der Waals surface area contributed by atoms with Crippen molar-refractivity contribution in [2.24, 2.45) is 4.99 Å². The molecule has 0 radical (unpaired) electrons. The highest BCUT2D eigenvalue weighted by molar-refractivity contribution is 6.20. The lowest BCUT2D eigenvalue weighted by atomic mass is 10.0. The highest BCUT2D eigenvalue weighted by atomic mass is 16.5. The summed E-state index contributed by atoms with van der Waals surface area (Å²) in [7, 11) is 0. The van der Waals surface area contributed by atoms with Crippen LogP contribution in [0.2, 0.25) is 0 Å². The molecule has 1 heterocycles. The minimum atomic E-state index is -1.29. The first kappa shape index (κ1) is 22.7. The van der Waals surface area contributed by atoms with E-state index < -0.39 is 24.1 Å². The first-order valence-electron chi connectivity index (χ1n) is 10.8. The minimum Gasteiger partial charge on any atom is -0.481 e. The van der Waals surface area contributed by atoms with Gasteiger partial charge in [0.2, 0.25) is 6.17 Å². The standard InChI is InChI=1S/C26H23N3O5/c30-22(31)15-16-29-21-14-8-7-13-20(21)23(19-11-5-2-6-12-19)27-24(25(29)32)28-26(33)34-17-18-9-3-1-4-10-18/h1-14,24H,15-17H2,(H,28,33)(H,30,31). The number of alkyl carbamates (subject to hydrolysis) is 1. The predicted octanol–water partition coefficient (Wildman–Crippen LogP) is 3.60. The molecule has 0 spiro atoms. The number of carbonyl (C=O) groups is 3. The van der Waals surface area contributed by atoms with Crippen LogP contribution >= 0.6 is 0 Å². The number of hydrogen-bond acceptors (Lipinski definition) is 5. The maximum atomic E-state index is 13.5. The number of nitrogens with one attached hydrogen (secondary N) is 1.